The summed E-state index contributed by atoms with van der Waals surface area (Å²) in [5.74, 6) is 0.0281. The molecule has 18 heavy (non-hydrogen) atoms. The summed E-state index contributed by atoms with van der Waals surface area (Å²) in [7, 11) is 0. The number of aryl methyl sites for hydroxylation is 1. The SMILES string of the molecule is CCc1ccc(CC(=O)C(O)C(CC)CC)cc1. The number of hydrogen-bond acceptors (Lipinski definition) is 2. The van der Waals surface area contributed by atoms with Gasteiger partial charge >= 0.3 is 0 Å². The van der Waals surface area contributed by atoms with Gasteiger partial charge in [-0.25, -0.2) is 0 Å². The highest BCUT2D eigenvalue weighted by atomic mass is 16.3. The third kappa shape index (κ3) is 3.95. The molecule has 0 radical (unpaired) electrons. The third-order valence-electron chi connectivity index (χ3n) is 3.63. The molecule has 1 aromatic carbocycles. The van der Waals surface area contributed by atoms with Crippen LogP contribution in [0.25, 0.3) is 0 Å². The summed E-state index contributed by atoms with van der Waals surface area (Å²) in [6, 6.07) is 8.06. The Hall–Kier alpha value is -1.15. The molecule has 1 atom stereocenters. The van der Waals surface area contributed by atoms with Crippen molar-refractivity contribution >= 4 is 5.78 Å². The lowest BCUT2D eigenvalue weighted by Gasteiger charge is -2.18. The minimum Gasteiger partial charge on any atom is -0.385 e. The van der Waals surface area contributed by atoms with Crippen molar-refractivity contribution in [3.63, 3.8) is 0 Å². The van der Waals surface area contributed by atoms with Crippen molar-refractivity contribution in [3.05, 3.63) is 35.4 Å². The first-order valence-corrected chi connectivity index (χ1v) is 6.90. The van der Waals surface area contributed by atoms with Crippen LogP contribution in [0.5, 0.6) is 0 Å². The number of carbonyl (C=O) groups excluding carboxylic acids is 1. The lowest BCUT2D eigenvalue weighted by Crippen LogP contribution is -2.30. The van der Waals surface area contributed by atoms with E-state index in [0.29, 0.717) is 6.42 Å². The van der Waals surface area contributed by atoms with E-state index in [1.807, 2.05) is 38.1 Å². The standard InChI is InChI=1S/C16H24O2/c1-4-12-7-9-13(10-8-12)11-15(17)16(18)14(5-2)6-3/h7-10,14,16,18H,4-6,11H2,1-3H3. The number of aliphatic hydroxyl groups excluding tert-OH is 1. The minimum absolute atomic E-state index is 0.0621. The highest BCUT2D eigenvalue weighted by Gasteiger charge is 2.22. The second-order valence-electron chi connectivity index (χ2n) is 4.83. The zero-order valence-corrected chi connectivity index (χ0v) is 11.6. The summed E-state index contributed by atoms with van der Waals surface area (Å²) in [6.07, 6.45) is 2.22. The molecule has 1 rings (SSSR count). The van der Waals surface area contributed by atoms with Crippen LogP contribution in [0.1, 0.15) is 44.7 Å². The van der Waals surface area contributed by atoms with Gasteiger partial charge in [0.15, 0.2) is 5.78 Å². The van der Waals surface area contributed by atoms with Gasteiger partial charge in [0.05, 0.1) is 0 Å². The predicted octanol–water partition coefficient (Wildman–Crippen LogP) is 3.16. The van der Waals surface area contributed by atoms with Crippen molar-refractivity contribution in [2.75, 3.05) is 0 Å². The quantitative estimate of drug-likeness (QED) is 0.804. The van der Waals surface area contributed by atoms with Crippen molar-refractivity contribution in [2.45, 2.75) is 52.6 Å². The molecule has 2 nitrogen and oxygen atoms in total. The van der Waals surface area contributed by atoms with E-state index in [4.69, 9.17) is 0 Å². The van der Waals surface area contributed by atoms with Gasteiger partial charge in [0.2, 0.25) is 0 Å². The molecule has 0 saturated carbocycles. The third-order valence-corrected chi connectivity index (χ3v) is 3.63. The van der Waals surface area contributed by atoms with Crippen LogP contribution in [-0.4, -0.2) is 17.0 Å². The number of benzene rings is 1. The molecule has 1 N–H and O–H groups in total. The van der Waals surface area contributed by atoms with E-state index in [0.717, 1.165) is 24.8 Å². The van der Waals surface area contributed by atoms with Gasteiger partial charge in [-0.2, -0.15) is 0 Å². The highest BCUT2D eigenvalue weighted by molar-refractivity contribution is 5.85. The zero-order chi connectivity index (χ0) is 13.5. The van der Waals surface area contributed by atoms with Gasteiger partial charge in [0, 0.05) is 6.42 Å². The summed E-state index contributed by atoms with van der Waals surface area (Å²) >= 11 is 0. The Balaban J connectivity index is 2.62. The molecule has 1 aromatic rings. The van der Waals surface area contributed by atoms with E-state index in [1.54, 1.807) is 0 Å². The average molecular weight is 248 g/mol. The number of aliphatic hydroxyl groups is 1. The molecule has 0 fully saturated rings. The van der Waals surface area contributed by atoms with Crippen molar-refractivity contribution < 1.29 is 9.90 Å². The van der Waals surface area contributed by atoms with E-state index in [1.165, 1.54) is 5.56 Å². The smallest absolute Gasteiger partial charge is 0.165 e. The van der Waals surface area contributed by atoms with Crippen LogP contribution < -0.4 is 0 Å². The van der Waals surface area contributed by atoms with E-state index in [9.17, 15) is 9.90 Å². The Labute approximate surface area is 110 Å². The summed E-state index contributed by atoms with van der Waals surface area (Å²) < 4.78 is 0. The van der Waals surface area contributed by atoms with Crippen molar-refractivity contribution in [2.24, 2.45) is 5.92 Å². The molecule has 0 aliphatic rings. The monoisotopic (exact) mass is 248 g/mol. The first-order valence-electron chi connectivity index (χ1n) is 6.90. The predicted molar refractivity (Wildman–Crippen MR) is 74.6 cm³/mol. The molecule has 0 aliphatic heterocycles. The van der Waals surface area contributed by atoms with Gasteiger partial charge < -0.3 is 5.11 Å². The maximum absolute atomic E-state index is 12.0. The number of carbonyl (C=O) groups is 1. The molecule has 0 spiro atoms. The fourth-order valence-electron chi connectivity index (χ4n) is 2.20. The average Bonchev–Trinajstić information content (AvgIpc) is 2.40. The first kappa shape index (κ1) is 14.9. The summed E-state index contributed by atoms with van der Waals surface area (Å²) in [5.41, 5.74) is 2.26. The number of hydrogen-bond donors (Lipinski definition) is 1. The lowest BCUT2D eigenvalue weighted by atomic mass is 9.91. The molecule has 1 unspecified atom stereocenters. The van der Waals surface area contributed by atoms with Gasteiger partial charge in [-0.15, -0.1) is 0 Å². The van der Waals surface area contributed by atoms with Crippen LogP contribution >= 0.6 is 0 Å². The Morgan fingerprint density at radius 3 is 2.00 bits per heavy atom. The summed E-state index contributed by atoms with van der Waals surface area (Å²) in [6.45, 7) is 6.14. The van der Waals surface area contributed by atoms with Crippen LogP contribution in [0.2, 0.25) is 0 Å². The molecule has 0 bridgehead atoms. The Morgan fingerprint density at radius 1 is 1.06 bits per heavy atom. The van der Waals surface area contributed by atoms with Crippen molar-refractivity contribution in [1.29, 1.82) is 0 Å². The zero-order valence-electron chi connectivity index (χ0n) is 11.6. The Morgan fingerprint density at radius 2 is 1.56 bits per heavy atom. The maximum Gasteiger partial charge on any atom is 0.165 e. The molecule has 0 amide bonds. The second-order valence-corrected chi connectivity index (χ2v) is 4.83. The van der Waals surface area contributed by atoms with E-state index in [2.05, 4.69) is 6.92 Å². The van der Waals surface area contributed by atoms with E-state index in [-0.39, 0.29) is 11.7 Å². The molecule has 2 heteroatoms. The first-order chi connectivity index (χ1) is 8.62. The van der Waals surface area contributed by atoms with Gasteiger partial charge in [-0.05, 0) is 23.5 Å². The molecular formula is C16H24O2. The van der Waals surface area contributed by atoms with Crippen LogP contribution in [0.3, 0.4) is 0 Å². The van der Waals surface area contributed by atoms with Crippen LogP contribution in [0.4, 0.5) is 0 Å². The van der Waals surface area contributed by atoms with Gasteiger partial charge in [0.1, 0.15) is 6.10 Å². The summed E-state index contributed by atoms with van der Waals surface area (Å²) in [5, 5.41) is 9.99. The maximum atomic E-state index is 12.0. The molecule has 0 aromatic heterocycles. The molecule has 0 heterocycles. The second kappa shape index (κ2) is 7.32. The van der Waals surface area contributed by atoms with Crippen molar-refractivity contribution in [3.8, 4) is 0 Å². The van der Waals surface area contributed by atoms with Crippen molar-refractivity contribution in [1.82, 2.24) is 0 Å². The van der Waals surface area contributed by atoms with Crippen LogP contribution in [0, 0.1) is 5.92 Å². The number of rotatable bonds is 7. The topological polar surface area (TPSA) is 37.3 Å². The Bertz CT molecular complexity index is 363. The largest absolute Gasteiger partial charge is 0.385 e. The highest BCUT2D eigenvalue weighted by Crippen LogP contribution is 2.16. The fourth-order valence-corrected chi connectivity index (χ4v) is 2.20. The molecular weight excluding hydrogens is 224 g/mol. The number of ketones is 1. The number of Topliss-reactive ketones (excluding diaryl/α,β-unsaturated/α-hetero) is 1. The van der Waals surface area contributed by atoms with Gasteiger partial charge in [0.25, 0.3) is 0 Å². The van der Waals surface area contributed by atoms with Gasteiger partial charge in [-0.1, -0.05) is 57.9 Å². The summed E-state index contributed by atoms with van der Waals surface area (Å²) in [4.78, 5) is 12.0. The van der Waals surface area contributed by atoms with E-state index >= 15 is 0 Å². The fraction of sp³-hybridized carbons (Fsp3) is 0.562. The molecule has 100 valence electrons. The molecule has 0 aliphatic carbocycles. The van der Waals surface area contributed by atoms with Crippen LogP contribution in [-0.2, 0) is 17.6 Å². The Kier molecular flexibility index (Phi) is 6.06. The normalized spacial score (nSPS) is 12.7. The van der Waals surface area contributed by atoms with Crippen LogP contribution in [0.15, 0.2) is 24.3 Å². The van der Waals surface area contributed by atoms with Gasteiger partial charge in [-0.3, -0.25) is 4.79 Å². The molecule has 0 saturated heterocycles. The lowest BCUT2D eigenvalue weighted by molar-refractivity contribution is -0.129. The minimum atomic E-state index is -0.814. The van der Waals surface area contributed by atoms with E-state index < -0.39 is 6.10 Å².